The molecule has 1 aliphatic carbocycles. The number of aromatic nitrogens is 2. The molecule has 0 bridgehead atoms. The fourth-order valence-corrected chi connectivity index (χ4v) is 2.60. The molecule has 1 heterocycles. The van der Waals surface area contributed by atoms with Crippen LogP contribution in [0.25, 0.3) is 0 Å². The third kappa shape index (κ3) is 2.30. The summed E-state index contributed by atoms with van der Waals surface area (Å²) in [5, 5.41) is 0. The molecule has 1 aromatic rings. The van der Waals surface area contributed by atoms with Crippen molar-refractivity contribution in [1.82, 2.24) is 9.97 Å². The van der Waals surface area contributed by atoms with Crippen molar-refractivity contribution >= 4 is 11.8 Å². The zero-order valence-corrected chi connectivity index (χ0v) is 11.1. The zero-order valence-electron chi connectivity index (χ0n) is 11.1. The predicted octanol–water partition coefficient (Wildman–Crippen LogP) is 2.06. The molecule has 5 nitrogen and oxygen atoms in total. The lowest BCUT2D eigenvalue weighted by atomic mass is 10.0. The van der Waals surface area contributed by atoms with Crippen LogP contribution in [0.3, 0.4) is 0 Å². The molecule has 1 aromatic heterocycles. The molecule has 1 saturated carbocycles. The Labute approximate surface area is 107 Å². The molecule has 0 saturated heterocycles. The van der Waals surface area contributed by atoms with Gasteiger partial charge in [0.1, 0.15) is 17.2 Å². The number of nitrogen functional groups attached to an aromatic ring is 1. The highest BCUT2D eigenvalue weighted by Crippen LogP contribution is 2.36. The lowest BCUT2D eigenvalue weighted by Crippen LogP contribution is -2.14. The Kier molecular flexibility index (Phi) is 3.50. The van der Waals surface area contributed by atoms with E-state index in [4.69, 9.17) is 5.73 Å². The van der Waals surface area contributed by atoms with Crippen molar-refractivity contribution in [3.8, 4) is 0 Å². The SMILES string of the molecule is COC(=O)c1c(C)nc(C2CCC(C)C2)nc1N. The average molecular weight is 249 g/mol. The minimum Gasteiger partial charge on any atom is -0.465 e. The molecule has 98 valence electrons. The van der Waals surface area contributed by atoms with Crippen LogP contribution in [0.1, 0.15) is 54.0 Å². The standard InChI is InChI=1S/C13H19N3O2/c1-7-4-5-9(6-7)12-15-8(2)10(11(14)16-12)13(17)18-3/h7,9H,4-6H2,1-3H3,(H2,14,15,16). The normalized spacial score (nSPS) is 23.1. The number of hydrogen-bond acceptors (Lipinski definition) is 5. The number of methoxy groups -OCH3 is 1. The van der Waals surface area contributed by atoms with Gasteiger partial charge in [-0.2, -0.15) is 0 Å². The summed E-state index contributed by atoms with van der Waals surface area (Å²) in [5.74, 6) is 1.59. The van der Waals surface area contributed by atoms with Crippen LogP contribution in [0.2, 0.25) is 0 Å². The highest BCUT2D eigenvalue weighted by molar-refractivity contribution is 5.95. The van der Waals surface area contributed by atoms with E-state index in [1.165, 1.54) is 13.5 Å². The smallest absolute Gasteiger partial charge is 0.343 e. The fraction of sp³-hybridized carbons (Fsp3) is 0.615. The van der Waals surface area contributed by atoms with Crippen LogP contribution in [-0.4, -0.2) is 23.0 Å². The van der Waals surface area contributed by atoms with E-state index in [1.807, 2.05) is 0 Å². The number of esters is 1. The van der Waals surface area contributed by atoms with Gasteiger partial charge in [0.2, 0.25) is 0 Å². The quantitative estimate of drug-likeness (QED) is 0.812. The van der Waals surface area contributed by atoms with E-state index in [9.17, 15) is 4.79 Å². The van der Waals surface area contributed by atoms with E-state index >= 15 is 0 Å². The second-order valence-corrected chi connectivity index (χ2v) is 5.03. The van der Waals surface area contributed by atoms with Crippen molar-refractivity contribution in [1.29, 1.82) is 0 Å². The Balaban J connectivity index is 2.33. The maximum absolute atomic E-state index is 11.6. The van der Waals surface area contributed by atoms with Gasteiger partial charge in [-0.15, -0.1) is 0 Å². The van der Waals surface area contributed by atoms with Gasteiger partial charge in [-0.05, 0) is 32.1 Å². The van der Waals surface area contributed by atoms with E-state index in [0.717, 1.165) is 18.7 Å². The first-order valence-corrected chi connectivity index (χ1v) is 6.25. The van der Waals surface area contributed by atoms with Crippen LogP contribution in [0.15, 0.2) is 0 Å². The van der Waals surface area contributed by atoms with Gasteiger partial charge in [0.25, 0.3) is 0 Å². The third-order valence-electron chi connectivity index (χ3n) is 3.58. The number of ether oxygens (including phenoxy) is 1. The van der Waals surface area contributed by atoms with Gasteiger partial charge in [0.15, 0.2) is 0 Å². The van der Waals surface area contributed by atoms with E-state index in [1.54, 1.807) is 6.92 Å². The molecular weight excluding hydrogens is 230 g/mol. The number of carbonyl (C=O) groups excluding carboxylic acids is 1. The minimum atomic E-state index is -0.476. The van der Waals surface area contributed by atoms with Crippen LogP contribution in [-0.2, 0) is 4.74 Å². The Morgan fingerprint density at radius 2 is 2.11 bits per heavy atom. The Morgan fingerprint density at radius 3 is 2.61 bits per heavy atom. The van der Waals surface area contributed by atoms with Gasteiger partial charge < -0.3 is 10.5 Å². The predicted molar refractivity (Wildman–Crippen MR) is 68.3 cm³/mol. The van der Waals surface area contributed by atoms with Crippen molar-refractivity contribution in [2.24, 2.45) is 5.92 Å². The third-order valence-corrected chi connectivity index (χ3v) is 3.58. The first-order valence-electron chi connectivity index (χ1n) is 6.25. The van der Waals surface area contributed by atoms with Gasteiger partial charge in [0, 0.05) is 5.92 Å². The highest BCUT2D eigenvalue weighted by Gasteiger charge is 2.27. The van der Waals surface area contributed by atoms with Crippen LogP contribution in [0.4, 0.5) is 5.82 Å². The Hall–Kier alpha value is -1.65. The fourth-order valence-electron chi connectivity index (χ4n) is 2.60. The second-order valence-electron chi connectivity index (χ2n) is 5.03. The number of hydrogen-bond donors (Lipinski definition) is 1. The Morgan fingerprint density at radius 1 is 1.39 bits per heavy atom. The lowest BCUT2D eigenvalue weighted by molar-refractivity contribution is 0.0600. The van der Waals surface area contributed by atoms with E-state index < -0.39 is 5.97 Å². The maximum Gasteiger partial charge on any atom is 0.343 e. The molecule has 0 spiro atoms. The van der Waals surface area contributed by atoms with E-state index in [2.05, 4.69) is 21.6 Å². The first-order chi connectivity index (χ1) is 8.52. The van der Waals surface area contributed by atoms with Crippen molar-refractivity contribution < 1.29 is 9.53 Å². The molecule has 2 unspecified atom stereocenters. The maximum atomic E-state index is 11.6. The van der Waals surface area contributed by atoms with E-state index in [-0.39, 0.29) is 11.4 Å². The Bertz CT molecular complexity index is 450. The number of anilines is 1. The van der Waals surface area contributed by atoms with Gasteiger partial charge in [-0.1, -0.05) is 6.92 Å². The van der Waals surface area contributed by atoms with Crippen LogP contribution in [0.5, 0.6) is 0 Å². The summed E-state index contributed by atoms with van der Waals surface area (Å²) in [7, 11) is 1.33. The van der Waals surface area contributed by atoms with Gasteiger partial charge in [0.05, 0.1) is 12.8 Å². The minimum absolute atomic E-state index is 0.226. The summed E-state index contributed by atoms with van der Waals surface area (Å²) in [4.78, 5) is 20.3. The molecule has 2 N–H and O–H groups in total. The zero-order chi connectivity index (χ0) is 13.3. The molecule has 18 heavy (non-hydrogen) atoms. The monoisotopic (exact) mass is 249 g/mol. The van der Waals surface area contributed by atoms with Gasteiger partial charge >= 0.3 is 5.97 Å². The summed E-state index contributed by atoms with van der Waals surface area (Å²) < 4.78 is 4.68. The highest BCUT2D eigenvalue weighted by atomic mass is 16.5. The largest absolute Gasteiger partial charge is 0.465 e. The molecule has 1 aliphatic rings. The summed E-state index contributed by atoms with van der Waals surface area (Å²) >= 11 is 0. The molecule has 2 rings (SSSR count). The molecule has 0 aliphatic heterocycles. The van der Waals surface area contributed by atoms with Crippen molar-refractivity contribution in [3.63, 3.8) is 0 Å². The van der Waals surface area contributed by atoms with Crippen LogP contribution < -0.4 is 5.73 Å². The topological polar surface area (TPSA) is 78.1 Å². The average Bonchev–Trinajstić information content (AvgIpc) is 2.74. The number of nitrogens with zero attached hydrogens (tertiary/aromatic N) is 2. The first kappa shape index (κ1) is 12.8. The summed E-state index contributed by atoms with van der Waals surface area (Å²) in [6, 6.07) is 0. The summed E-state index contributed by atoms with van der Waals surface area (Å²) in [5.41, 5.74) is 6.73. The molecule has 0 radical (unpaired) electrons. The molecule has 1 fully saturated rings. The van der Waals surface area contributed by atoms with E-state index in [0.29, 0.717) is 17.5 Å². The number of rotatable bonds is 2. The van der Waals surface area contributed by atoms with Crippen molar-refractivity contribution in [2.75, 3.05) is 12.8 Å². The molecule has 0 amide bonds. The number of nitrogens with two attached hydrogens (primary N) is 1. The summed E-state index contributed by atoms with van der Waals surface area (Å²) in [6.45, 7) is 4.01. The summed E-state index contributed by atoms with van der Waals surface area (Å²) in [6.07, 6.45) is 3.39. The molecule has 0 aromatic carbocycles. The molecule has 5 heteroatoms. The molecular formula is C13H19N3O2. The lowest BCUT2D eigenvalue weighted by Gasteiger charge is -2.12. The van der Waals surface area contributed by atoms with Crippen molar-refractivity contribution in [3.05, 3.63) is 17.1 Å². The van der Waals surface area contributed by atoms with Crippen LogP contribution in [0, 0.1) is 12.8 Å². The van der Waals surface area contributed by atoms with Gasteiger partial charge in [-0.3, -0.25) is 0 Å². The molecule has 2 atom stereocenters. The van der Waals surface area contributed by atoms with Crippen molar-refractivity contribution in [2.45, 2.75) is 39.0 Å². The second kappa shape index (κ2) is 4.92. The number of carbonyl (C=O) groups is 1. The van der Waals surface area contributed by atoms with Gasteiger partial charge in [-0.25, -0.2) is 14.8 Å². The number of aryl methyl sites for hydroxylation is 1. The van der Waals surface area contributed by atoms with Crippen LogP contribution >= 0.6 is 0 Å².